The van der Waals surface area contributed by atoms with Crippen molar-refractivity contribution in [1.29, 1.82) is 0 Å². The Kier molecular flexibility index (Phi) is 4.66. The molecular weight excluding hydrogens is 328 g/mol. The maximum atomic E-state index is 12.8. The van der Waals surface area contributed by atoms with Crippen LogP contribution in [-0.4, -0.2) is 23.8 Å². The number of Topliss-reactive ketones (excluding diaryl/α,β-unsaturated/α-hetero) is 1. The van der Waals surface area contributed by atoms with E-state index in [4.69, 9.17) is 4.74 Å². The Morgan fingerprint density at radius 2 is 2.00 bits per heavy atom. The van der Waals surface area contributed by atoms with Crippen LogP contribution in [-0.2, 0) is 14.3 Å². The van der Waals surface area contributed by atoms with E-state index in [1.807, 2.05) is 0 Å². The van der Waals surface area contributed by atoms with Crippen molar-refractivity contribution >= 4 is 11.6 Å². The average molecular weight is 358 g/mol. The van der Waals surface area contributed by atoms with E-state index in [9.17, 15) is 14.7 Å². The van der Waals surface area contributed by atoms with Gasteiger partial charge in [0.15, 0.2) is 11.5 Å². The van der Waals surface area contributed by atoms with E-state index in [1.54, 1.807) is 0 Å². The number of aliphatic hydroxyl groups excluding tert-OH is 1. The van der Waals surface area contributed by atoms with E-state index in [0.29, 0.717) is 18.3 Å². The summed E-state index contributed by atoms with van der Waals surface area (Å²) >= 11 is 0. The number of hydrogen-bond acceptors (Lipinski definition) is 4. The minimum absolute atomic E-state index is 0.0191. The zero-order chi connectivity index (χ0) is 19.3. The predicted molar refractivity (Wildman–Crippen MR) is 100 cm³/mol. The van der Waals surface area contributed by atoms with Crippen LogP contribution in [0.1, 0.15) is 59.3 Å². The molecule has 0 bridgehead atoms. The van der Waals surface area contributed by atoms with Gasteiger partial charge in [0.1, 0.15) is 0 Å². The van der Waals surface area contributed by atoms with Crippen molar-refractivity contribution in [2.45, 2.75) is 59.3 Å². The summed E-state index contributed by atoms with van der Waals surface area (Å²) in [4.78, 5) is 24.9. The fourth-order valence-electron chi connectivity index (χ4n) is 5.62. The quantitative estimate of drug-likeness (QED) is 0.588. The first-order valence-electron chi connectivity index (χ1n) is 9.60. The maximum Gasteiger partial charge on any atom is 0.227 e. The second-order valence-electron chi connectivity index (χ2n) is 8.82. The highest BCUT2D eigenvalue weighted by Crippen LogP contribution is 2.63. The van der Waals surface area contributed by atoms with E-state index in [-0.39, 0.29) is 27.9 Å². The minimum Gasteiger partial charge on any atom is -0.504 e. The maximum absolute atomic E-state index is 12.8. The molecule has 0 heterocycles. The van der Waals surface area contributed by atoms with Crippen LogP contribution in [0.4, 0.5) is 0 Å². The van der Waals surface area contributed by atoms with E-state index in [1.165, 1.54) is 12.7 Å². The van der Waals surface area contributed by atoms with Gasteiger partial charge in [-0.05, 0) is 61.2 Å². The number of methoxy groups -OCH3 is 1. The summed E-state index contributed by atoms with van der Waals surface area (Å²) in [6, 6.07) is 0. The number of rotatable bonds is 3. The number of ketones is 2. The molecule has 0 spiro atoms. The molecular formula is C22H30O4. The highest BCUT2D eigenvalue weighted by Gasteiger charge is 2.54. The van der Waals surface area contributed by atoms with Crippen LogP contribution in [0.15, 0.2) is 35.3 Å². The smallest absolute Gasteiger partial charge is 0.227 e. The number of carbonyl (C=O) groups excluding carboxylic acids is 2. The molecule has 0 amide bonds. The largest absolute Gasteiger partial charge is 0.504 e. The van der Waals surface area contributed by atoms with Crippen LogP contribution < -0.4 is 0 Å². The van der Waals surface area contributed by atoms with E-state index in [0.717, 1.165) is 38.2 Å². The summed E-state index contributed by atoms with van der Waals surface area (Å²) in [5, 5.41) is 10.4. The fraction of sp³-hybridized carbons (Fsp3) is 0.636. The highest BCUT2D eigenvalue weighted by atomic mass is 16.5. The van der Waals surface area contributed by atoms with Crippen LogP contribution in [0, 0.1) is 22.7 Å². The lowest BCUT2D eigenvalue weighted by molar-refractivity contribution is -0.120. The first-order valence-corrected chi connectivity index (χ1v) is 9.60. The molecule has 0 aromatic rings. The molecule has 0 aromatic carbocycles. The molecule has 26 heavy (non-hydrogen) atoms. The first kappa shape index (κ1) is 18.9. The van der Waals surface area contributed by atoms with Crippen molar-refractivity contribution in [3.05, 3.63) is 35.3 Å². The summed E-state index contributed by atoms with van der Waals surface area (Å²) in [6.07, 6.45) is 6.95. The fourth-order valence-corrected chi connectivity index (χ4v) is 5.62. The molecule has 142 valence electrons. The van der Waals surface area contributed by atoms with Gasteiger partial charge in [-0.15, -0.1) is 0 Å². The molecule has 1 N–H and O–H groups in total. The van der Waals surface area contributed by atoms with Gasteiger partial charge in [-0.1, -0.05) is 32.9 Å². The molecule has 3 aliphatic carbocycles. The minimum atomic E-state index is -0.542. The molecule has 3 rings (SSSR count). The van der Waals surface area contributed by atoms with E-state index in [2.05, 4.69) is 27.4 Å². The van der Waals surface area contributed by atoms with Crippen molar-refractivity contribution in [2.75, 3.05) is 7.11 Å². The normalized spacial score (nSPS) is 38.2. The first-order chi connectivity index (χ1) is 12.1. The Labute approximate surface area is 156 Å². The SMILES string of the molecule is C=C1CCC[C@H]2[C@](C)(CC3=C(O)C(=O)C=C(OC)C3=O)[C@@H](C)CC[C@@]12C. The van der Waals surface area contributed by atoms with Crippen LogP contribution in [0.5, 0.6) is 0 Å². The van der Waals surface area contributed by atoms with E-state index >= 15 is 0 Å². The van der Waals surface area contributed by atoms with Crippen molar-refractivity contribution in [2.24, 2.45) is 22.7 Å². The Bertz CT molecular complexity index is 728. The lowest BCUT2D eigenvalue weighted by atomic mass is 9.46. The standard InChI is InChI=1S/C22H30O4/c1-13-7-6-8-18-21(13,3)10-9-14(2)22(18,4)12-15-19(24)16(23)11-17(26-5)20(15)25/h11,14,18,24H,1,6-10,12H2,2-5H3/t14-,18+,21-,22+/m0/s1. The average Bonchev–Trinajstić information content (AvgIpc) is 2.61. The summed E-state index contributed by atoms with van der Waals surface area (Å²) in [7, 11) is 1.38. The number of hydrogen-bond donors (Lipinski definition) is 1. The third kappa shape index (κ3) is 2.65. The Balaban J connectivity index is 2.01. The van der Waals surface area contributed by atoms with Crippen molar-refractivity contribution in [1.82, 2.24) is 0 Å². The number of fused-ring (bicyclic) bond motifs is 1. The van der Waals surface area contributed by atoms with E-state index < -0.39 is 11.5 Å². The van der Waals surface area contributed by atoms with Crippen LogP contribution >= 0.6 is 0 Å². The summed E-state index contributed by atoms with van der Waals surface area (Å²) < 4.78 is 5.08. The van der Waals surface area contributed by atoms with Crippen LogP contribution in [0.2, 0.25) is 0 Å². The van der Waals surface area contributed by atoms with Gasteiger partial charge in [-0.2, -0.15) is 0 Å². The summed E-state index contributed by atoms with van der Waals surface area (Å²) in [6.45, 7) is 11.1. The highest BCUT2D eigenvalue weighted by molar-refractivity contribution is 6.20. The monoisotopic (exact) mass is 358 g/mol. The van der Waals surface area contributed by atoms with Crippen molar-refractivity contribution in [3.8, 4) is 0 Å². The molecule has 0 aromatic heterocycles. The molecule has 4 atom stereocenters. The van der Waals surface area contributed by atoms with Gasteiger partial charge in [0.2, 0.25) is 11.6 Å². The topological polar surface area (TPSA) is 63.6 Å². The van der Waals surface area contributed by atoms with Gasteiger partial charge in [0.05, 0.1) is 7.11 Å². The number of aliphatic hydroxyl groups is 1. The van der Waals surface area contributed by atoms with Gasteiger partial charge >= 0.3 is 0 Å². The number of carbonyl (C=O) groups is 2. The molecule has 2 saturated carbocycles. The molecule has 0 radical (unpaired) electrons. The molecule has 0 unspecified atom stereocenters. The molecule has 3 aliphatic rings. The van der Waals surface area contributed by atoms with Gasteiger partial charge in [0, 0.05) is 11.6 Å². The zero-order valence-electron chi connectivity index (χ0n) is 16.4. The van der Waals surface area contributed by atoms with Crippen molar-refractivity contribution in [3.63, 3.8) is 0 Å². The lowest BCUT2D eigenvalue weighted by Gasteiger charge is -2.59. The van der Waals surface area contributed by atoms with Crippen LogP contribution in [0.25, 0.3) is 0 Å². The lowest BCUT2D eigenvalue weighted by Crippen LogP contribution is -2.50. The number of allylic oxidation sites excluding steroid dienone is 3. The van der Waals surface area contributed by atoms with Gasteiger partial charge < -0.3 is 9.84 Å². The van der Waals surface area contributed by atoms with Crippen LogP contribution in [0.3, 0.4) is 0 Å². The van der Waals surface area contributed by atoms with Crippen molar-refractivity contribution < 1.29 is 19.4 Å². The second kappa shape index (κ2) is 6.40. The second-order valence-corrected chi connectivity index (χ2v) is 8.82. The molecule has 2 fully saturated rings. The number of ether oxygens (including phenoxy) is 1. The molecule has 0 saturated heterocycles. The Morgan fingerprint density at radius 3 is 2.65 bits per heavy atom. The Hall–Kier alpha value is -1.84. The third-order valence-corrected chi connectivity index (χ3v) is 7.62. The van der Waals surface area contributed by atoms with Gasteiger partial charge in [-0.3, -0.25) is 9.59 Å². The Morgan fingerprint density at radius 1 is 1.31 bits per heavy atom. The molecule has 4 heteroatoms. The zero-order valence-corrected chi connectivity index (χ0v) is 16.4. The van der Waals surface area contributed by atoms with Gasteiger partial charge in [0.25, 0.3) is 0 Å². The summed E-state index contributed by atoms with van der Waals surface area (Å²) in [5.74, 6) is -0.511. The molecule has 4 nitrogen and oxygen atoms in total. The predicted octanol–water partition coefficient (Wildman–Crippen LogP) is 4.67. The third-order valence-electron chi connectivity index (χ3n) is 7.62. The molecule has 0 aliphatic heterocycles. The van der Waals surface area contributed by atoms with Gasteiger partial charge in [-0.25, -0.2) is 0 Å². The summed E-state index contributed by atoms with van der Waals surface area (Å²) in [5.41, 5.74) is 1.42.